The van der Waals surface area contributed by atoms with Gasteiger partial charge in [0.05, 0.1) is 18.1 Å². The summed E-state index contributed by atoms with van der Waals surface area (Å²) >= 11 is 1.31. The van der Waals surface area contributed by atoms with Gasteiger partial charge in [-0.25, -0.2) is 9.97 Å². The highest BCUT2D eigenvalue weighted by molar-refractivity contribution is 7.99. The van der Waals surface area contributed by atoms with E-state index >= 15 is 0 Å². The van der Waals surface area contributed by atoms with E-state index in [0.717, 1.165) is 16.9 Å². The van der Waals surface area contributed by atoms with Crippen molar-refractivity contribution < 1.29 is 14.0 Å². The Hall–Kier alpha value is -3.91. The van der Waals surface area contributed by atoms with Crippen molar-refractivity contribution >= 4 is 35.0 Å². The molecule has 35 heavy (non-hydrogen) atoms. The Morgan fingerprint density at radius 1 is 1.00 bits per heavy atom. The maximum atomic E-state index is 13.7. The molecule has 1 aliphatic rings. The van der Waals surface area contributed by atoms with E-state index in [1.54, 1.807) is 35.5 Å². The highest BCUT2D eigenvalue weighted by Gasteiger charge is 2.39. The summed E-state index contributed by atoms with van der Waals surface area (Å²) in [7, 11) is 0. The van der Waals surface area contributed by atoms with Gasteiger partial charge in [0.2, 0.25) is 5.91 Å². The number of anilines is 2. The van der Waals surface area contributed by atoms with Crippen LogP contribution in [-0.4, -0.2) is 33.6 Å². The van der Waals surface area contributed by atoms with Crippen LogP contribution in [0.25, 0.3) is 0 Å². The molecule has 2 aromatic carbocycles. The second-order valence-electron chi connectivity index (χ2n) is 8.23. The average molecular weight is 485 g/mol. The lowest BCUT2D eigenvalue weighted by molar-refractivity contribution is -0.116. The molecular weight excluding hydrogens is 460 g/mol. The maximum Gasteiger partial charge on any atom is 0.294 e. The van der Waals surface area contributed by atoms with E-state index in [4.69, 9.17) is 4.42 Å². The van der Waals surface area contributed by atoms with Gasteiger partial charge in [0.1, 0.15) is 0 Å². The lowest BCUT2D eigenvalue weighted by Gasteiger charge is -2.43. The first-order valence-electron chi connectivity index (χ1n) is 11.4. The number of carbonyl (C=O) groups excluding carboxylic acids is 2. The van der Waals surface area contributed by atoms with Crippen molar-refractivity contribution in [2.24, 2.45) is 0 Å². The van der Waals surface area contributed by atoms with E-state index < -0.39 is 0 Å². The molecule has 0 saturated heterocycles. The number of fused-ring (bicyclic) bond motifs is 1. The normalized spacial score (nSPS) is 17.0. The Labute approximate surface area is 207 Å². The summed E-state index contributed by atoms with van der Waals surface area (Å²) in [5, 5.41) is 0.557. The fourth-order valence-corrected chi connectivity index (χ4v) is 5.16. The molecule has 7 nitrogen and oxygen atoms in total. The van der Waals surface area contributed by atoms with Crippen LogP contribution < -0.4 is 9.80 Å². The number of furan rings is 1. The molecule has 0 unspecified atom stereocenters. The van der Waals surface area contributed by atoms with Crippen LogP contribution in [0.5, 0.6) is 0 Å². The summed E-state index contributed by atoms with van der Waals surface area (Å²) in [6.07, 6.45) is 5.41. The van der Waals surface area contributed by atoms with Gasteiger partial charge in [-0.3, -0.25) is 9.59 Å². The standard InChI is InChI=1S/C27H24N4O3S/c1-19-17-23(21-11-5-6-12-22(21)30(19)26(33)24-13-7-16-34-24)31(20-9-3-2-4-10-20)25(32)18-35-27-28-14-8-15-29-27/h2-16,19,23H,17-18H2,1H3/t19-,23+/m1/s1. The zero-order valence-electron chi connectivity index (χ0n) is 19.2. The zero-order valence-corrected chi connectivity index (χ0v) is 20.0. The zero-order chi connectivity index (χ0) is 24.2. The van der Waals surface area contributed by atoms with Crippen LogP contribution in [-0.2, 0) is 4.79 Å². The molecule has 1 aliphatic heterocycles. The molecule has 0 radical (unpaired) electrons. The molecule has 0 bridgehead atoms. The SMILES string of the molecule is C[C@@H]1C[C@H](N(C(=O)CSc2ncccn2)c2ccccc2)c2ccccc2N1C(=O)c1ccco1. The van der Waals surface area contributed by atoms with Crippen molar-refractivity contribution in [1.29, 1.82) is 0 Å². The molecule has 2 aromatic heterocycles. The minimum atomic E-state index is -0.242. The Morgan fingerprint density at radius 2 is 1.74 bits per heavy atom. The number of benzene rings is 2. The van der Waals surface area contributed by atoms with Crippen LogP contribution in [0.3, 0.4) is 0 Å². The molecule has 176 valence electrons. The topological polar surface area (TPSA) is 79.5 Å². The third-order valence-electron chi connectivity index (χ3n) is 5.99. The molecule has 0 spiro atoms. The smallest absolute Gasteiger partial charge is 0.294 e. The number of aromatic nitrogens is 2. The summed E-state index contributed by atoms with van der Waals surface area (Å²) in [5.41, 5.74) is 2.51. The molecule has 0 aliphatic carbocycles. The third kappa shape index (κ3) is 4.70. The van der Waals surface area contributed by atoms with E-state index in [1.807, 2.05) is 66.4 Å². The van der Waals surface area contributed by atoms with Crippen LogP contribution in [0.15, 0.2) is 101 Å². The van der Waals surface area contributed by atoms with Crippen molar-refractivity contribution in [1.82, 2.24) is 9.97 Å². The molecule has 0 saturated carbocycles. The third-order valence-corrected chi connectivity index (χ3v) is 6.85. The van der Waals surface area contributed by atoms with Gasteiger partial charge in [-0.05, 0) is 55.3 Å². The van der Waals surface area contributed by atoms with E-state index in [9.17, 15) is 9.59 Å². The van der Waals surface area contributed by atoms with Gasteiger partial charge in [0, 0.05) is 29.8 Å². The minimum absolute atomic E-state index is 0.0496. The van der Waals surface area contributed by atoms with Gasteiger partial charge in [-0.15, -0.1) is 0 Å². The molecule has 4 aromatic rings. The van der Waals surface area contributed by atoms with E-state index in [1.165, 1.54) is 18.0 Å². The molecule has 2 atom stereocenters. The number of nitrogens with zero attached hydrogens (tertiary/aromatic N) is 4. The van der Waals surface area contributed by atoms with Gasteiger partial charge in [0.25, 0.3) is 5.91 Å². The van der Waals surface area contributed by atoms with E-state index in [-0.39, 0.29) is 29.7 Å². The minimum Gasteiger partial charge on any atom is -0.459 e. The number of carbonyl (C=O) groups is 2. The van der Waals surface area contributed by atoms with Crippen molar-refractivity contribution in [3.05, 3.63) is 103 Å². The second-order valence-corrected chi connectivity index (χ2v) is 9.17. The summed E-state index contributed by atoms with van der Waals surface area (Å²) in [4.78, 5) is 39.1. The Kier molecular flexibility index (Phi) is 6.63. The van der Waals surface area contributed by atoms with Gasteiger partial charge < -0.3 is 14.2 Å². The van der Waals surface area contributed by atoms with Crippen LogP contribution in [0, 0.1) is 0 Å². The van der Waals surface area contributed by atoms with Gasteiger partial charge in [-0.1, -0.05) is 48.2 Å². The fraction of sp³-hybridized carbons (Fsp3) is 0.185. The van der Waals surface area contributed by atoms with Gasteiger partial charge in [0.15, 0.2) is 10.9 Å². The monoisotopic (exact) mass is 484 g/mol. The second kappa shape index (κ2) is 10.1. The quantitative estimate of drug-likeness (QED) is 0.270. The fourth-order valence-electron chi connectivity index (χ4n) is 4.50. The number of thioether (sulfide) groups is 1. The lowest BCUT2D eigenvalue weighted by atomic mass is 9.89. The number of amides is 2. The molecule has 2 amide bonds. The van der Waals surface area contributed by atoms with E-state index in [0.29, 0.717) is 17.3 Å². The van der Waals surface area contributed by atoms with Crippen LogP contribution in [0.1, 0.15) is 35.5 Å². The molecule has 8 heteroatoms. The van der Waals surface area contributed by atoms with Crippen molar-refractivity contribution in [2.75, 3.05) is 15.6 Å². The number of rotatable bonds is 6. The number of hydrogen-bond donors (Lipinski definition) is 0. The van der Waals surface area contributed by atoms with Crippen molar-refractivity contribution in [3.63, 3.8) is 0 Å². The first-order chi connectivity index (χ1) is 17.1. The first kappa shape index (κ1) is 22.9. The molecular formula is C27H24N4O3S. The van der Waals surface area contributed by atoms with Crippen molar-refractivity contribution in [2.45, 2.75) is 30.6 Å². The van der Waals surface area contributed by atoms with Crippen LogP contribution in [0.4, 0.5) is 11.4 Å². The van der Waals surface area contributed by atoms with Gasteiger partial charge in [-0.2, -0.15) is 0 Å². The highest BCUT2D eigenvalue weighted by Crippen LogP contribution is 2.43. The summed E-state index contributed by atoms with van der Waals surface area (Å²) in [6.45, 7) is 2.00. The highest BCUT2D eigenvalue weighted by atomic mass is 32.2. The predicted octanol–water partition coefficient (Wildman–Crippen LogP) is 5.38. The predicted molar refractivity (Wildman–Crippen MR) is 135 cm³/mol. The summed E-state index contributed by atoms with van der Waals surface area (Å²) in [6, 6.07) is 22.2. The maximum absolute atomic E-state index is 13.7. The molecule has 0 N–H and O–H groups in total. The Morgan fingerprint density at radius 3 is 2.49 bits per heavy atom. The number of hydrogen-bond acceptors (Lipinski definition) is 6. The largest absolute Gasteiger partial charge is 0.459 e. The Balaban J connectivity index is 1.51. The average Bonchev–Trinajstić information content (AvgIpc) is 3.44. The molecule has 3 heterocycles. The molecule has 0 fully saturated rings. The van der Waals surface area contributed by atoms with E-state index in [2.05, 4.69) is 9.97 Å². The first-order valence-corrected chi connectivity index (χ1v) is 12.3. The Bertz CT molecular complexity index is 1300. The van der Waals surface area contributed by atoms with Gasteiger partial charge >= 0.3 is 0 Å². The summed E-state index contributed by atoms with van der Waals surface area (Å²) < 4.78 is 5.40. The summed E-state index contributed by atoms with van der Waals surface area (Å²) in [5.74, 6) is 0.246. The molecule has 5 rings (SSSR count). The lowest BCUT2D eigenvalue weighted by Crippen LogP contribution is -2.48. The van der Waals surface area contributed by atoms with Crippen LogP contribution in [0.2, 0.25) is 0 Å². The van der Waals surface area contributed by atoms with Crippen LogP contribution >= 0.6 is 11.8 Å². The number of para-hydroxylation sites is 2. The van der Waals surface area contributed by atoms with Crippen molar-refractivity contribution in [3.8, 4) is 0 Å².